The Kier molecular flexibility index (Phi) is 8.57. The van der Waals surface area contributed by atoms with E-state index in [9.17, 15) is 14.4 Å². The first-order valence-corrected chi connectivity index (χ1v) is 8.05. The second kappa shape index (κ2) is 10.2. The molecule has 1 fully saturated rings. The van der Waals surface area contributed by atoms with Crippen LogP contribution in [0.25, 0.3) is 0 Å². The third-order valence-electron chi connectivity index (χ3n) is 3.81. The van der Waals surface area contributed by atoms with Crippen molar-refractivity contribution in [2.24, 2.45) is 0 Å². The number of likely N-dealkylation sites (N-methyl/N-ethyl adjacent to an activating group) is 1. The van der Waals surface area contributed by atoms with Crippen molar-refractivity contribution in [3.05, 3.63) is 0 Å². The average Bonchev–Trinajstić information content (AvgIpc) is 2.93. The molecule has 0 aromatic heterocycles. The van der Waals surface area contributed by atoms with Gasteiger partial charge in [-0.15, -0.1) is 0 Å². The molecule has 8 heteroatoms. The lowest BCUT2D eigenvalue weighted by Crippen LogP contribution is -2.46. The highest BCUT2D eigenvalue weighted by atomic mass is 16.4. The van der Waals surface area contributed by atoms with E-state index in [0.717, 1.165) is 32.5 Å². The highest BCUT2D eigenvalue weighted by Crippen LogP contribution is 2.16. The van der Waals surface area contributed by atoms with Gasteiger partial charge in [0.25, 0.3) is 0 Å². The molecule has 0 aliphatic carbocycles. The van der Waals surface area contributed by atoms with Crippen molar-refractivity contribution in [2.75, 3.05) is 46.8 Å². The molecule has 8 nitrogen and oxygen atoms in total. The van der Waals surface area contributed by atoms with Gasteiger partial charge in [0.1, 0.15) is 0 Å². The maximum atomic E-state index is 12.2. The van der Waals surface area contributed by atoms with E-state index < -0.39 is 5.97 Å². The third kappa shape index (κ3) is 7.94. The molecular formula is C15H28N4O4. The Morgan fingerprint density at radius 1 is 1.17 bits per heavy atom. The van der Waals surface area contributed by atoms with Gasteiger partial charge in [0.05, 0.1) is 12.5 Å². The first kappa shape index (κ1) is 19.4. The van der Waals surface area contributed by atoms with E-state index in [-0.39, 0.29) is 43.8 Å². The molecule has 132 valence electrons. The van der Waals surface area contributed by atoms with Crippen molar-refractivity contribution in [2.45, 2.75) is 31.7 Å². The molecule has 2 amide bonds. The van der Waals surface area contributed by atoms with Crippen molar-refractivity contribution in [3.63, 3.8) is 0 Å². The van der Waals surface area contributed by atoms with Crippen LogP contribution in [-0.4, -0.2) is 85.6 Å². The zero-order chi connectivity index (χ0) is 17.2. The van der Waals surface area contributed by atoms with Gasteiger partial charge in [-0.05, 0) is 33.5 Å². The van der Waals surface area contributed by atoms with Crippen molar-refractivity contribution < 1.29 is 19.5 Å². The lowest BCUT2D eigenvalue weighted by atomic mass is 10.2. The van der Waals surface area contributed by atoms with Crippen LogP contribution >= 0.6 is 0 Å². The number of rotatable bonds is 10. The fraction of sp³-hybridized carbons (Fsp3) is 0.800. The molecule has 1 atom stereocenters. The summed E-state index contributed by atoms with van der Waals surface area (Å²) in [6, 6.07) is -0.106. The number of carboxylic acids is 1. The summed E-state index contributed by atoms with van der Waals surface area (Å²) >= 11 is 0. The van der Waals surface area contributed by atoms with E-state index in [1.54, 1.807) is 0 Å². The van der Waals surface area contributed by atoms with Gasteiger partial charge in [0.15, 0.2) is 0 Å². The van der Waals surface area contributed by atoms with Crippen LogP contribution in [-0.2, 0) is 14.4 Å². The normalized spacial score (nSPS) is 18.1. The second-order valence-corrected chi connectivity index (χ2v) is 6.03. The van der Waals surface area contributed by atoms with E-state index in [0.29, 0.717) is 0 Å². The van der Waals surface area contributed by atoms with Gasteiger partial charge in [0.2, 0.25) is 11.8 Å². The van der Waals surface area contributed by atoms with Crippen LogP contribution in [0, 0.1) is 0 Å². The molecule has 0 saturated carbocycles. The van der Waals surface area contributed by atoms with Crippen LogP contribution < -0.4 is 10.6 Å². The van der Waals surface area contributed by atoms with Gasteiger partial charge in [0, 0.05) is 32.6 Å². The SMILES string of the molecule is CN(C)CCN1CCCC1C(=O)NCCC(=O)NCCC(=O)O. The van der Waals surface area contributed by atoms with Crippen molar-refractivity contribution in [1.82, 2.24) is 20.4 Å². The van der Waals surface area contributed by atoms with E-state index in [1.165, 1.54) is 0 Å². The number of hydrogen-bond acceptors (Lipinski definition) is 5. The minimum Gasteiger partial charge on any atom is -0.481 e. The lowest BCUT2D eigenvalue weighted by Gasteiger charge is -2.25. The van der Waals surface area contributed by atoms with E-state index >= 15 is 0 Å². The molecule has 1 rings (SSSR count). The van der Waals surface area contributed by atoms with Crippen LogP contribution in [0.2, 0.25) is 0 Å². The molecule has 1 saturated heterocycles. The topological polar surface area (TPSA) is 102 Å². The van der Waals surface area contributed by atoms with Crippen LogP contribution in [0.4, 0.5) is 0 Å². The zero-order valence-corrected chi connectivity index (χ0v) is 14.0. The maximum Gasteiger partial charge on any atom is 0.305 e. The molecular weight excluding hydrogens is 300 g/mol. The summed E-state index contributed by atoms with van der Waals surface area (Å²) in [4.78, 5) is 38.3. The molecule has 3 N–H and O–H groups in total. The molecule has 0 spiro atoms. The third-order valence-corrected chi connectivity index (χ3v) is 3.81. The Balaban J connectivity index is 2.22. The second-order valence-electron chi connectivity index (χ2n) is 6.03. The number of carbonyl (C=O) groups excluding carboxylic acids is 2. The number of hydrogen-bond donors (Lipinski definition) is 3. The molecule has 23 heavy (non-hydrogen) atoms. The molecule has 1 aliphatic heterocycles. The molecule has 0 aromatic carbocycles. The highest BCUT2D eigenvalue weighted by Gasteiger charge is 2.30. The Morgan fingerprint density at radius 2 is 1.87 bits per heavy atom. The number of likely N-dealkylation sites (tertiary alicyclic amines) is 1. The van der Waals surface area contributed by atoms with Crippen molar-refractivity contribution in [3.8, 4) is 0 Å². The summed E-state index contributed by atoms with van der Waals surface area (Å²) in [6.45, 7) is 3.09. The number of nitrogens with zero attached hydrogens (tertiary/aromatic N) is 2. The highest BCUT2D eigenvalue weighted by molar-refractivity contribution is 5.83. The van der Waals surface area contributed by atoms with E-state index in [1.807, 2.05) is 14.1 Å². The van der Waals surface area contributed by atoms with Crippen LogP contribution in [0.1, 0.15) is 25.7 Å². The summed E-state index contributed by atoms with van der Waals surface area (Å²) in [6.07, 6.45) is 1.93. The van der Waals surface area contributed by atoms with Gasteiger partial charge >= 0.3 is 5.97 Å². The van der Waals surface area contributed by atoms with Gasteiger partial charge in [-0.3, -0.25) is 19.3 Å². The summed E-state index contributed by atoms with van der Waals surface area (Å²) in [5.41, 5.74) is 0. The average molecular weight is 328 g/mol. The summed E-state index contributed by atoms with van der Waals surface area (Å²) in [5.74, 6) is -1.22. The van der Waals surface area contributed by atoms with Crippen LogP contribution in [0.5, 0.6) is 0 Å². The number of amides is 2. The smallest absolute Gasteiger partial charge is 0.305 e. The van der Waals surface area contributed by atoms with Gasteiger partial charge in [-0.25, -0.2) is 0 Å². The summed E-state index contributed by atoms with van der Waals surface area (Å²) in [7, 11) is 4.02. The van der Waals surface area contributed by atoms with E-state index in [4.69, 9.17) is 5.11 Å². The first-order chi connectivity index (χ1) is 10.9. The number of aliphatic carboxylic acids is 1. The predicted octanol–water partition coefficient (Wildman–Crippen LogP) is -0.890. The molecule has 1 aliphatic rings. The standard InChI is InChI=1S/C15H28N4O4/c1-18(2)10-11-19-9-3-4-12(19)15(23)17-7-5-13(20)16-8-6-14(21)22/h12H,3-11H2,1-2H3,(H,16,20)(H,17,23)(H,21,22). The first-order valence-electron chi connectivity index (χ1n) is 8.05. The van der Waals surface area contributed by atoms with Crippen LogP contribution in [0.3, 0.4) is 0 Å². The minimum absolute atomic E-state index is 0.0282. The largest absolute Gasteiger partial charge is 0.481 e. The lowest BCUT2D eigenvalue weighted by molar-refractivity contribution is -0.137. The Hall–Kier alpha value is -1.67. The van der Waals surface area contributed by atoms with Crippen LogP contribution in [0.15, 0.2) is 0 Å². The maximum absolute atomic E-state index is 12.2. The Labute approximate surface area is 137 Å². The minimum atomic E-state index is -0.947. The Morgan fingerprint density at radius 3 is 2.52 bits per heavy atom. The molecule has 0 aromatic rings. The summed E-state index contributed by atoms with van der Waals surface area (Å²) in [5, 5.41) is 13.8. The fourth-order valence-corrected chi connectivity index (χ4v) is 2.53. The predicted molar refractivity (Wildman–Crippen MR) is 86.0 cm³/mol. The van der Waals surface area contributed by atoms with Crippen molar-refractivity contribution in [1.29, 1.82) is 0 Å². The van der Waals surface area contributed by atoms with Gasteiger partial charge in [-0.1, -0.05) is 0 Å². The Bertz CT molecular complexity index is 414. The zero-order valence-electron chi connectivity index (χ0n) is 14.0. The fourth-order valence-electron chi connectivity index (χ4n) is 2.53. The van der Waals surface area contributed by atoms with Gasteiger partial charge in [-0.2, -0.15) is 0 Å². The van der Waals surface area contributed by atoms with Gasteiger partial charge < -0.3 is 20.6 Å². The molecule has 1 unspecified atom stereocenters. The quantitative estimate of drug-likeness (QED) is 0.481. The molecule has 1 heterocycles. The summed E-state index contributed by atoms with van der Waals surface area (Å²) < 4.78 is 0. The monoisotopic (exact) mass is 328 g/mol. The molecule has 0 bridgehead atoms. The van der Waals surface area contributed by atoms with Crippen molar-refractivity contribution >= 4 is 17.8 Å². The number of carboxylic acid groups (broad SMARTS) is 1. The van der Waals surface area contributed by atoms with E-state index in [2.05, 4.69) is 20.4 Å². The number of carbonyl (C=O) groups is 3. The molecule has 0 radical (unpaired) electrons. The number of nitrogens with one attached hydrogen (secondary N) is 2.